The van der Waals surface area contributed by atoms with Crippen LogP contribution in [-0.4, -0.2) is 31.8 Å². The Morgan fingerprint density at radius 3 is 2.40 bits per heavy atom. The number of anilines is 1. The molecule has 1 fully saturated rings. The van der Waals surface area contributed by atoms with Gasteiger partial charge in [0, 0.05) is 11.2 Å². The Morgan fingerprint density at radius 2 is 1.85 bits per heavy atom. The second kappa shape index (κ2) is 7.36. The van der Waals surface area contributed by atoms with Crippen molar-refractivity contribution in [2.45, 2.75) is 25.3 Å². The molecule has 2 rings (SSSR count). The minimum absolute atomic E-state index is 0. The highest BCUT2D eigenvalue weighted by atomic mass is 35.5. The summed E-state index contributed by atoms with van der Waals surface area (Å²) in [6.07, 6.45) is 1.89. The SMILES string of the molecule is COc1ccc(NC(=O)NC2(C)CCNCC2)cc1.Cl. The first kappa shape index (κ1) is 16.6. The smallest absolute Gasteiger partial charge is 0.319 e. The van der Waals surface area contributed by atoms with Crippen LogP contribution in [0.4, 0.5) is 10.5 Å². The number of methoxy groups -OCH3 is 1. The van der Waals surface area contributed by atoms with Gasteiger partial charge in [-0.1, -0.05) is 0 Å². The van der Waals surface area contributed by atoms with E-state index < -0.39 is 0 Å². The summed E-state index contributed by atoms with van der Waals surface area (Å²) in [7, 11) is 1.62. The molecule has 0 bridgehead atoms. The molecule has 1 aromatic rings. The van der Waals surface area contributed by atoms with E-state index in [-0.39, 0.29) is 24.0 Å². The number of piperidine rings is 1. The van der Waals surface area contributed by atoms with Crippen molar-refractivity contribution in [1.82, 2.24) is 10.6 Å². The largest absolute Gasteiger partial charge is 0.497 e. The molecular weight excluding hydrogens is 278 g/mol. The molecule has 1 aliphatic rings. The lowest BCUT2D eigenvalue weighted by atomic mass is 9.91. The molecule has 0 radical (unpaired) electrons. The Hall–Kier alpha value is -1.46. The Bertz CT molecular complexity index is 431. The number of carbonyl (C=O) groups is 1. The number of ether oxygens (including phenoxy) is 1. The summed E-state index contributed by atoms with van der Waals surface area (Å²) in [5.74, 6) is 0.774. The van der Waals surface area contributed by atoms with Crippen LogP contribution in [0.5, 0.6) is 5.75 Å². The maximum absolute atomic E-state index is 12.0. The van der Waals surface area contributed by atoms with Crippen molar-refractivity contribution in [2.24, 2.45) is 0 Å². The summed E-state index contributed by atoms with van der Waals surface area (Å²) < 4.78 is 5.08. The van der Waals surface area contributed by atoms with Crippen LogP contribution in [0.15, 0.2) is 24.3 Å². The van der Waals surface area contributed by atoms with Crippen LogP contribution >= 0.6 is 12.4 Å². The summed E-state index contributed by atoms with van der Waals surface area (Å²) >= 11 is 0. The number of hydrogen-bond donors (Lipinski definition) is 3. The number of urea groups is 1. The van der Waals surface area contributed by atoms with Crippen molar-refractivity contribution in [3.8, 4) is 5.75 Å². The van der Waals surface area contributed by atoms with E-state index in [0.29, 0.717) is 0 Å². The molecule has 0 spiro atoms. The Morgan fingerprint density at radius 1 is 1.25 bits per heavy atom. The fraction of sp³-hybridized carbons (Fsp3) is 0.500. The number of nitrogens with one attached hydrogen (secondary N) is 3. The normalized spacial score (nSPS) is 16.7. The third-order valence-corrected chi connectivity index (χ3v) is 3.47. The molecule has 2 amide bonds. The van der Waals surface area contributed by atoms with Crippen molar-refractivity contribution in [1.29, 1.82) is 0 Å². The third-order valence-electron chi connectivity index (χ3n) is 3.47. The molecule has 1 saturated heterocycles. The maximum Gasteiger partial charge on any atom is 0.319 e. The fourth-order valence-corrected chi connectivity index (χ4v) is 2.21. The van der Waals surface area contributed by atoms with Crippen molar-refractivity contribution in [3.05, 3.63) is 24.3 Å². The topological polar surface area (TPSA) is 62.4 Å². The van der Waals surface area contributed by atoms with Crippen LogP contribution in [0, 0.1) is 0 Å². The predicted octanol–water partition coefficient (Wildman–Crippen LogP) is 2.38. The van der Waals surface area contributed by atoms with Gasteiger partial charge in [-0.25, -0.2) is 4.79 Å². The molecule has 6 heteroatoms. The van der Waals surface area contributed by atoms with E-state index in [9.17, 15) is 4.79 Å². The van der Waals surface area contributed by atoms with Gasteiger partial charge in [-0.3, -0.25) is 0 Å². The molecule has 0 atom stereocenters. The number of carbonyl (C=O) groups excluding carboxylic acids is 1. The highest BCUT2D eigenvalue weighted by Crippen LogP contribution is 2.18. The van der Waals surface area contributed by atoms with Crippen LogP contribution in [0.3, 0.4) is 0 Å². The predicted molar refractivity (Wildman–Crippen MR) is 82.9 cm³/mol. The first-order valence-electron chi connectivity index (χ1n) is 6.55. The fourth-order valence-electron chi connectivity index (χ4n) is 2.21. The zero-order valence-corrected chi connectivity index (χ0v) is 12.7. The van der Waals surface area contributed by atoms with Crippen LogP contribution in [0.2, 0.25) is 0 Å². The molecule has 0 saturated carbocycles. The summed E-state index contributed by atoms with van der Waals surface area (Å²) in [6, 6.07) is 7.13. The number of rotatable bonds is 3. The van der Waals surface area contributed by atoms with Gasteiger partial charge in [-0.15, -0.1) is 12.4 Å². The molecule has 0 unspecified atom stereocenters. The molecule has 0 aromatic heterocycles. The molecule has 1 aliphatic heterocycles. The van der Waals surface area contributed by atoms with Gasteiger partial charge < -0.3 is 20.7 Å². The lowest BCUT2D eigenvalue weighted by Crippen LogP contribution is -2.53. The quantitative estimate of drug-likeness (QED) is 0.803. The number of amides is 2. The number of halogens is 1. The zero-order valence-electron chi connectivity index (χ0n) is 11.9. The molecule has 1 aromatic carbocycles. The van der Waals surface area contributed by atoms with Gasteiger partial charge >= 0.3 is 6.03 Å². The lowest BCUT2D eigenvalue weighted by Gasteiger charge is -2.34. The van der Waals surface area contributed by atoms with Gasteiger partial charge in [0.2, 0.25) is 0 Å². The second-order valence-corrected chi connectivity index (χ2v) is 5.12. The van der Waals surface area contributed by atoms with Gasteiger partial charge in [0.25, 0.3) is 0 Å². The van der Waals surface area contributed by atoms with E-state index in [0.717, 1.165) is 37.4 Å². The molecule has 5 nitrogen and oxygen atoms in total. The summed E-state index contributed by atoms with van der Waals surface area (Å²) in [5, 5.41) is 9.18. The molecule has 0 aliphatic carbocycles. The van der Waals surface area contributed by atoms with Gasteiger partial charge in [0.05, 0.1) is 7.11 Å². The van der Waals surface area contributed by atoms with Crippen molar-refractivity contribution >= 4 is 24.1 Å². The van der Waals surface area contributed by atoms with E-state index in [1.165, 1.54) is 0 Å². The monoisotopic (exact) mass is 299 g/mol. The Kier molecular flexibility index (Phi) is 6.10. The second-order valence-electron chi connectivity index (χ2n) is 5.12. The van der Waals surface area contributed by atoms with E-state index in [2.05, 4.69) is 22.9 Å². The van der Waals surface area contributed by atoms with Gasteiger partial charge in [0.1, 0.15) is 5.75 Å². The van der Waals surface area contributed by atoms with Crippen LogP contribution in [0.1, 0.15) is 19.8 Å². The standard InChI is InChI=1S/C14H21N3O2.ClH/c1-14(7-9-15-10-8-14)17-13(18)16-11-3-5-12(19-2)6-4-11;/h3-6,15H,7-10H2,1-2H3,(H2,16,17,18);1H. The lowest BCUT2D eigenvalue weighted by molar-refractivity contribution is 0.225. The molecule has 1 heterocycles. The molecule has 20 heavy (non-hydrogen) atoms. The zero-order chi connectivity index (χ0) is 13.7. The highest BCUT2D eigenvalue weighted by Gasteiger charge is 2.28. The summed E-state index contributed by atoms with van der Waals surface area (Å²) in [6.45, 7) is 3.97. The summed E-state index contributed by atoms with van der Waals surface area (Å²) in [4.78, 5) is 12.0. The minimum Gasteiger partial charge on any atom is -0.497 e. The molecule has 3 N–H and O–H groups in total. The minimum atomic E-state index is -0.158. The third kappa shape index (κ3) is 4.58. The van der Waals surface area contributed by atoms with Crippen LogP contribution < -0.4 is 20.7 Å². The van der Waals surface area contributed by atoms with Crippen molar-refractivity contribution in [2.75, 3.05) is 25.5 Å². The van der Waals surface area contributed by atoms with Crippen molar-refractivity contribution < 1.29 is 9.53 Å². The van der Waals surface area contributed by atoms with Crippen LogP contribution in [-0.2, 0) is 0 Å². The van der Waals surface area contributed by atoms with Gasteiger partial charge in [0.15, 0.2) is 0 Å². The average molecular weight is 300 g/mol. The first-order chi connectivity index (χ1) is 9.11. The summed E-state index contributed by atoms with van der Waals surface area (Å²) in [5.41, 5.74) is 0.637. The van der Waals surface area contributed by atoms with Crippen molar-refractivity contribution in [3.63, 3.8) is 0 Å². The maximum atomic E-state index is 12.0. The van der Waals surface area contributed by atoms with E-state index in [1.54, 1.807) is 7.11 Å². The molecule has 112 valence electrons. The Labute approximate surface area is 125 Å². The first-order valence-corrected chi connectivity index (χ1v) is 6.55. The molecular formula is C14H22ClN3O2. The highest BCUT2D eigenvalue weighted by molar-refractivity contribution is 5.89. The van der Waals surface area contributed by atoms with E-state index >= 15 is 0 Å². The number of hydrogen-bond acceptors (Lipinski definition) is 3. The average Bonchev–Trinajstić information content (AvgIpc) is 2.39. The van der Waals surface area contributed by atoms with E-state index in [4.69, 9.17) is 4.74 Å². The van der Waals surface area contributed by atoms with Crippen LogP contribution in [0.25, 0.3) is 0 Å². The number of benzene rings is 1. The van der Waals surface area contributed by atoms with Gasteiger partial charge in [-0.05, 0) is 57.1 Å². The van der Waals surface area contributed by atoms with Gasteiger partial charge in [-0.2, -0.15) is 0 Å². The Balaban J connectivity index is 0.00000200. The van der Waals surface area contributed by atoms with E-state index in [1.807, 2.05) is 24.3 Å².